The van der Waals surface area contributed by atoms with Gasteiger partial charge in [-0.1, -0.05) is 31.2 Å². The van der Waals surface area contributed by atoms with Gasteiger partial charge in [0, 0.05) is 36.0 Å². The number of likely N-dealkylation sites (N-methyl/N-ethyl adjacent to an activating group) is 1. The molecule has 0 amide bonds. The fraction of sp³-hybridized carbons (Fsp3) is 0.294. The predicted molar refractivity (Wildman–Crippen MR) is 88.6 cm³/mol. The third kappa shape index (κ3) is 3.46. The Balaban J connectivity index is 1.67. The molecule has 0 aliphatic heterocycles. The lowest BCUT2D eigenvalue weighted by Crippen LogP contribution is -2.23. The van der Waals surface area contributed by atoms with Gasteiger partial charge >= 0.3 is 0 Å². The van der Waals surface area contributed by atoms with Crippen molar-refractivity contribution in [2.75, 3.05) is 13.6 Å². The molecule has 1 atom stereocenters. The number of thiazole rings is 1. The molecule has 0 spiro atoms. The van der Waals surface area contributed by atoms with Gasteiger partial charge in [-0.25, -0.2) is 4.98 Å². The van der Waals surface area contributed by atoms with E-state index in [1.54, 1.807) is 11.3 Å². The quantitative estimate of drug-likeness (QED) is 0.714. The van der Waals surface area contributed by atoms with Crippen LogP contribution in [0, 0.1) is 0 Å². The summed E-state index contributed by atoms with van der Waals surface area (Å²) in [5.74, 6) is 0.454. The number of hydrogen-bond acceptors (Lipinski definition) is 4. The standard InChI is InChI=1S/C17H19N3S/c1-13(17-18-9-10-21-17)11-20(2)12-15-8-7-14-5-3-4-6-16(14)19-15/h3-10,13H,11-12H2,1-2H3/t13-/m1/s1. The fourth-order valence-electron chi connectivity index (χ4n) is 2.56. The lowest BCUT2D eigenvalue weighted by atomic mass is 10.1. The summed E-state index contributed by atoms with van der Waals surface area (Å²) in [5, 5.41) is 4.44. The molecule has 0 aliphatic carbocycles. The smallest absolute Gasteiger partial charge is 0.0965 e. The van der Waals surface area contributed by atoms with Crippen molar-refractivity contribution in [1.82, 2.24) is 14.9 Å². The molecule has 0 fully saturated rings. The highest BCUT2D eigenvalue weighted by atomic mass is 32.1. The molecule has 0 N–H and O–H groups in total. The van der Waals surface area contributed by atoms with Gasteiger partial charge in [-0.2, -0.15) is 0 Å². The Morgan fingerprint density at radius 3 is 2.86 bits per heavy atom. The summed E-state index contributed by atoms with van der Waals surface area (Å²) >= 11 is 1.73. The van der Waals surface area contributed by atoms with E-state index in [-0.39, 0.29) is 0 Å². The van der Waals surface area contributed by atoms with Gasteiger partial charge in [0.1, 0.15) is 0 Å². The third-order valence-electron chi connectivity index (χ3n) is 3.55. The van der Waals surface area contributed by atoms with Crippen molar-refractivity contribution in [3.8, 4) is 0 Å². The van der Waals surface area contributed by atoms with Crippen LogP contribution in [-0.2, 0) is 6.54 Å². The minimum atomic E-state index is 0.454. The molecule has 1 aromatic carbocycles. The van der Waals surface area contributed by atoms with Crippen LogP contribution in [0.5, 0.6) is 0 Å². The monoisotopic (exact) mass is 297 g/mol. The summed E-state index contributed by atoms with van der Waals surface area (Å²) in [6.45, 7) is 4.08. The van der Waals surface area contributed by atoms with E-state index in [4.69, 9.17) is 4.98 Å². The highest BCUT2D eigenvalue weighted by Gasteiger charge is 2.12. The molecule has 0 radical (unpaired) electrons. The van der Waals surface area contributed by atoms with Crippen LogP contribution in [0.1, 0.15) is 23.5 Å². The molecule has 4 heteroatoms. The van der Waals surface area contributed by atoms with Crippen molar-refractivity contribution in [2.24, 2.45) is 0 Å². The van der Waals surface area contributed by atoms with E-state index < -0.39 is 0 Å². The van der Waals surface area contributed by atoms with Crippen molar-refractivity contribution in [1.29, 1.82) is 0 Å². The molecule has 2 heterocycles. The Morgan fingerprint density at radius 1 is 1.19 bits per heavy atom. The molecule has 21 heavy (non-hydrogen) atoms. The van der Waals surface area contributed by atoms with Gasteiger partial charge in [0.25, 0.3) is 0 Å². The Kier molecular flexibility index (Phi) is 4.27. The average molecular weight is 297 g/mol. The first kappa shape index (κ1) is 14.2. The van der Waals surface area contributed by atoms with E-state index in [2.05, 4.69) is 48.1 Å². The summed E-state index contributed by atoms with van der Waals surface area (Å²) in [6, 6.07) is 12.5. The van der Waals surface area contributed by atoms with Crippen LogP contribution in [0.4, 0.5) is 0 Å². The molecule has 3 aromatic rings. The topological polar surface area (TPSA) is 29.0 Å². The van der Waals surface area contributed by atoms with Crippen molar-refractivity contribution >= 4 is 22.2 Å². The maximum absolute atomic E-state index is 4.73. The zero-order valence-corrected chi connectivity index (χ0v) is 13.2. The van der Waals surface area contributed by atoms with Crippen LogP contribution < -0.4 is 0 Å². The van der Waals surface area contributed by atoms with Crippen LogP contribution in [0.25, 0.3) is 10.9 Å². The van der Waals surface area contributed by atoms with Gasteiger partial charge in [0.15, 0.2) is 0 Å². The highest BCUT2D eigenvalue weighted by molar-refractivity contribution is 7.09. The SMILES string of the molecule is C[C@H](CN(C)Cc1ccc2ccccc2n1)c1nccs1. The number of benzene rings is 1. The molecular weight excluding hydrogens is 278 g/mol. The molecule has 0 saturated heterocycles. The number of hydrogen-bond donors (Lipinski definition) is 0. The molecule has 0 bridgehead atoms. The van der Waals surface area contributed by atoms with E-state index in [0.717, 1.165) is 24.3 Å². The second kappa shape index (κ2) is 6.33. The third-order valence-corrected chi connectivity index (χ3v) is 4.55. The Labute approximate surface area is 129 Å². The second-order valence-electron chi connectivity index (χ2n) is 5.46. The van der Waals surface area contributed by atoms with Crippen molar-refractivity contribution in [3.63, 3.8) is 0 Å². The molecule has 3 nitrogen and oxygen atoms in total. The molecule has 3 rings (SSSR count). The number of para-hydroxylation sites is 1. The first-order valence-corrected chi connectivity index (χ1v) is 8.03. The average Bonchev–Trinajstić information content (AvgIpc) is 3.01. The maximum Gasteiger partial charge on any atom is 0.0965 e. The number of pyridine rings is 1. The zero-order chi connectivity index (χ0) is 14.7. The molecule has 0 unspecified atom stereocenters. The Bertz CT molecular complexity index is 709. The largest absolute Gasteiger partial charge is 0.300 e. The minimum absolute atomic E-state index is 0.454. The van der Waals surface area contributed by atoms with E-state index in [0.29, 0.717) is 5.92 Å². The van der Waals surface area contributed by atoms with Crippen molar-refractivity contribution in [2.45, 2.75) is 19.4 Å². The summed E-state index contributed by atoms with van der Waals surface area (Å²) in [5.41, 5.74) is 2.18. The maximum atomic E-state index is 4.73. The van der Waals surface area contributed by atoms with Gasteiger partial charge in [-0.05, 0) is 19.2 Å². The van der Waals surface area contributed by atoms with Gasteiger partial charge in [0.2, 0.25) is 0 Å². The number of nitrogens with zero attached hydrogens (tertiary/aromatic N) is 3. The van der Waals surface area contributed by atoms with E-state index in [1.165, 1.54) is 10.4 Å². The summed E-state index contributed by atoms with van der Waals surface area (Å²) in [6.07, 6.45) is 1.88. The number of aromatic nitrogens is 2. The molecule has 0 aliphatic rings. The van der Waals surface area contributed by atoms with Gasteiger partial charge in [0.05, 0.1) is 16.2 Å². The second-order valence-corrected chi connectivity index (χ2v) is 6.39. The lowest BCUT2D eigenvalue weighted by molar-refractivity contribution is 0.306. The Hall–Kier alpha value is -1.78. The number of rotatable bonds is 5. The minimum Gasteiger partial charge on any atom is -0.300 e. The van der Waals surface area contributed by atoms with Crippen molar-refractivity contribution in [3.05, 3.63) is 58.7 Å². The van der Waals surface area contributed by atoms with Gasteiger partial charge in [-0.15, -0.1) is 11.3 Å². The molecule has 0 saturated carbocycles. The number of fused-ring (bicyclic) bond motifs is 1. The summed E-state index contributed by atoms with van der Waals surface area (Å²) in [7, 11) is 2.14. The lowest BCUT2D eigenvalue weighted by Gasteiger charge is -2.19. The van der Waals surface area contributed by atoms with Crippen LogP contribution in [0.3, 0.4) is 0 Å². The van der Waals surface area contributed by atoms with Crippen LogP contribution in [0.2, 0.25) is 0 Å². The highest BCUT2D eigenvalue weighted by Crippen LogP contribution is 2.19. The van der Waals surface area contributed by atoms with Crippen LogP contribution >= 0.6 is 11.3 Å². The fourth-order valence-corrected chi connectivity index (χ4v) is 3.25. The zero-order valence-electron chi connectivity index (χ0n) is 12.4. The predicted octanol–water partition coefficient (Wildman–Crippen LogP) is 3.93. The van der Waals surface area contributed by atoms with Gasteiger partial charge in [-0.3, -0.25) is 9.88 Å². The first-order valence-electron chi connectivity index (χ1n) is 7.15. The molecular formula is C17H19N3S. The first-order chi connectivity index (χ1) is 10.2. The van der Waals surface area contributed by atoms with E-state index in [9.17, 15) is 0 Å². The summed E-state index contributed by atoms with van der Waals surface area (Å²) in [4.78, 5) is 11.4. The normalized spacial score (nSPS) is 12.9. The molecule has 108 valence electrons. The van der Waals surface area contributed by atoms with Crippen molar-refractivity contribution < 1.29 is 0 Å². The van der Waals surface area contributed by atoms with Crippen LogP contribution in [-0.4, -0.2) is 28.5 Å². The van der Waals surface area contributed by atoms with Crippen LogP contribution in [0.15, 0.2) is 48.0 Å². The summed E-state index contributed by atoms with van der Waals surface area (Å²) < 4.78 is 0. The van der Waals surface area contributed by atoms with E-state index in [1.807, 2.05) is 23.7 Å². The van der Waals surface area contributed by atoms with E-state index >= 15 is 0 Å². The van der Waals surface area contributed by atoms with Gasteiger partial charge < -0.3 is 0 Å². The Morgan fingerprint density at radius 2 is 2.05 bits per heavy atom. The molecule has 2 aromatic heterocycles.